The van der Waals surface area contributed by atoms with E-state index >= 15 is 0 Å². The summed E-state index contributed by atoms with van der Waals surface area (Å²) >= 11 is 0. The van der Waals surface area contributed by atoms with Crippen molar-refractivity contribution in [2.75, 3.05) is 0 Å². The quantitative estimate of drug-likeness (QED) is 0.795. The number of aromatic amines is 1. The molecule has 98 valence electrons. The molecule has 0 fully saturated rings. The first kappa shape index (κ1) is 12.5. The number of fused-ring (bicyclic) bond motifs is 1. The number of halogens is 5. The van der Waals surface area contributed by atoms with Gasteiger partial charge in [-0.2, -0.15) is 31.5 Å². The summed E-state index contributed by atoms with van der Waals surface area (Å²) in [6.45, 7) is 1.36. The molecule has 2 heterocycles. The maximum absolute atomic E-state index is 13.0. The first-order chi connectivity index (χ1) is 8.13. The van der Waals surface area contributed by atoms with Crippen molar-refractivity contribution in [3.05, 3.63) is 27.9 Å². The molecule has 0 radical (unpaired) electrons. The van der Waals surface area contributed by atoms with E-state index in [1.54, 1.807) is 4.98 Å². The molecule has 0 saturated carbocycles. The van der Waals surface area contributed by atoms with Crippen molar-refractivity contribution in [1.29, 1.82) is 0 Å². The van der Waals surface area contributed by atoms with Gasteiger partial charge < -0.3 is 4.98 Å². The van der Waals surface area contributed by atoms with Gasteiger partial charge in [0.05, 0.1) is 0 Å². The van der Waals surface area contributed by atoms with E-state index in [9.17, 15) is 26.7 Å². The summed E-state index contributed by atoms with van der Waals surface area (Å²) < 4.78 is 63.1. The van der Waals surface area contributed by atoms with Gasteiger partial charge in [0.25, 0.3) is 5.56 Å². The zero-order valence-electron chi connectivity index (χ0n) is 8.72. The van der Waals surface area contributed by atoms with Gasteiger partial charge in [0.1, 0.15) is 11.5 Å². The minimum Gasteiger partial charge on any atom is -0.322 e. The van der Waals surface area contributed by atoms with Crippen molar-refractivity contribution >= 4 is 5.78 Å². The van der Waals surface area contributed by atoms with Crippen LogP contribution in [0.5, 0.6) is 0 Å². The molecule has 1 N–H and O–H groups in total. The highest BCUT2D eigenvalue weighted by molar-refractivity contribution is 5.29. The number of aryl methyl sites for hydroxylation is 1. The molecule has 0 aromatic carbocycles. The standard InChI is InChI=1S/C8H5F5N4O/c1-3-14-6-15-4(2-5(18)17(6)16-3)7(9,10)8(11,12)13/h2H,1H3,(H,14,15,16). The molecule has 5 nitrogen and oxygen atoms in total. The molecule has 0 aliphatic rings. The number of H-pyrrole nitrogens is 1. The second kappa shape index (κ2) is 3.50. The maximum atomic E-state index is 13.0. The van der Waals surface area contributed by atoms with Crippen molar-refractivity contribution in [2.45, 2.75) is 19.0 Å². The third-order valence-electron chi connectivity index (χ3n) is 2.13. The van der Waals surface area contributed by atoms with Crippen molar-refractivity contribution in [1.82, 2.24) is 19.6 Å². The monoisotopic (exact) mass is 268 g/mol. The molecular formula is C8H5F5N4O. The van der Waals surface area contributed by atoms with Crippen LogP contribution in [0.15, 0.2) is 10.9 Å². The molecule has 0 saturated heterocycles. The first-order valence-electron chi connectivity index (χ1n) is 4.54. The van der Waals surface area contributed by atoms with E-state index in [-0.39, 0.29) is 11.9 Å². The fraction of sp³-hybridized carbons (Fsp3) is 0.375. The summed E-state index contributed by atoms with van der Waals surface area (Å²) in [4.78, 5) is 16.6. The van der Waals surface area contributed by atoms with Crippen LogP contribution < -0.4 is 5.56 Å². The Hall–Kier alpha value is -2.00. The summed E-state index contributed by atoms with van der Waals surface area (Å²) in [5, 5.41) is 3.53. The number of alkyl halides is 5. The van der Waals surface area contributed by atoms with E-state index in [4.69, 9.17) is 0 Å². The number of nitrogens with one attached hydrogen (secondary N) is 1. The summed E-state index contributed by atoms with van der Waals surface area (Å²) in [5.74, 6) is -5.57. The molecule has 18 heavy (non-hydrogen) atoms. The zero-order chi connectivity index (χ0) is 13.7. The molecule has 0 aliphatic heterocycles. The van der Waals surface area contributed by atoms with Crippen molar-refractivity contribution in [3.8, 4) is 0 Å². The van der Waals surface area contributed by atoms with Gasteiger partial charge in [0.15, 0.2) is 0 Å². The van der Waals surface area contributed by atoms with Gasteiger partial charge in [0.2, 0.25) is 5.78 Å². The number of hydrogen-bond acceptors (Lipinski definition) is 3. The Balaban J connectivity index is 2.70. The Bertz CT molecular complexity index is 656. The lowest BCUT2D eigenvalue weighted by atomic mass is 10.2. The SMILES string of the molecule is Cc1nc2[nH]c(C(F)(F)C(F)(F)F)cc(=O)n2n1. The van der Waals surface area contributed by atoms with Gasteiger partial charge >= 0.3 is 12.1 Å². The average Bonchev–Trinajstić information content (AvgIpc) is 2.57. The molecule has 0 bridgehead atoms. The predicted octanol–water partition coefficient (Wildman–Crippen LogP) is 1.38. The highest BCUT2D eigenvalue weighted by Crippen LogP contribution is 2.42. The van der Waals surface area contributed by atoms with Crippen molar-refractivity contribution in [2.24, 2.45) is 0 Å². The van der Waals surface area contributed by atoms with Crippen LogP contribution in [0.25, 0.3) is 5.78 Å². The average molecular weight is 268 g/mol. The smallest absolute Gasteiger partial charge is 0.322 e. The first-order valence-corrected chi connectivity index (χ1v) is 4.54. The van der Waals surface area contributed by atoms with Gasteiger partial charge in [-0.3, -0.25) is 4.79 Å². The second-order valence-electron chi connectivity index (χ2n) is 3.49. The Morgan fingerprint density at radius 3 is 2.44 bits per heavy atom. The number of nitrogens with zero attached hydrogens (tertiary/aromatic N) is 3. The predicted molar refractivity (Wildman–Crippen MR) is 48.3 cm³/mol. The fourth-order valence-electron chi connectivity index (χ4n) is 1.31. The Morgan fingerprint density at radius 2 is 1.89 bits per heavy atom. The third-order valence-corrected chi connectivity index (χ3v) is 2.13. The van der Waals surface area contributed by atoms with Crippen molar-refractivity contribution in [3.63, 3.8) is 0 Å². The number of aromatic nitrogens is 4. The van der Waals surface area contributed by atoms with E-state index in [2.05, 4.69) is 10.1 Å². The molecule has 0 amide bonds. The summed E-state index contributed by atoms with van der Waals surface area (Å²) in [6.07, 6.45) is -5.80. The lowest BCUT2D eigenvalue weighted by Gasteiger charge is -2.19. The zero-order valence-corrected chi connectivity index (χ0v) is 8.72. The molecule has 0 unspecified atom stereocenters. The summed E-state index contributed by atoms with van der Waals surface area (Å²) in [5.41, 5.74) is -2.69. The van der Waals surface area contributed by atoms with Gasteiger partial charge in [-0.1, -0.05) is 0 Å². The van der Waals surface area contributed by atoms with E-state index in [0.717, 1.165) is 0 Å². The van der Waals surface area contributed by atoms with Gasteiger partial charge in [-0.15, -0.1) is 5.10 Å². The van der Waals surface area contributed by atoms with Crippen molar-refractivity contribution < 1.29 is 22.0 Å². The maximum Gasteiger partial charge on any atom is 0.459 e. The van der Waals surface area contributed by atoms with Crippen LogP contribution in [-0.2, 0) is 5.92 Å². The Labute approximate surface area is 95.3 Å². The van der Waals surface area contributed by atoms with Crippen LogP contribution >= 0.6 is 0 Å². The largest absolute Gasteiger partial charge is 0.459 e. The van der Waals surface area contributed by atoms with Gasteiger partial charge in [-0.05, 0) is 6.92 Å². The van der Waals surface area contributed by atoms with Crippen LogP contribution in [0.4, 0.5) is 22.0 Å². The van der Waals surface area contributed by atoms with Crippen LogP contribution in [0.2, 0.25) is 0 Å². The molecule has 10 heteroatoms. The minimum atomic E-state index is -5.80. The highest BCUT2D eigenvalue weighted by atomic mass is 19.4. The van der Waals surface area contributed by atoms with E-state index in [1.165, 1.54) is 6.92 Å². The topological polar surface area (TPSA) is 63.0 Å². The highest BCUT2D eigenvalue weighted by Gasteiger charge is 2.59. The van der Waals surface area contributed by atoms with Crippen LogP contribution in [-0.4, -0.2) is 25.8 Å². The lowest BCUT2D eigenvalue weighted by Crippen LogP contribution is -2.36. The fourth-order valence-corrected chi connectivity index (χ4v) is 1.31. The third kappa shape index (κ3) is 1.73. The van der Waals surface area contributed by atoms with Gasteiger partial charge in [0, 0.05) is 6.07 Å². The second-order valence-corrected chi connectivity index (χ2v) is 3.49. The van der Waals surface area contributed by atoms with Crippen LogP contribution in [0.1, 0.15) is 11.5 Å². The van der Waals surface area contributed by atoms with Gasteiger partial charge in [-0.25, -0.2) is 0 Å². The van der Waals surface area contributed by atoms with E-state index in [1.807, 2.05) is 0 Å². The summed E-state index contributed by atoms with van der Waals surface area (Å²) in [6, 6.07) is 0.147. The normalized spacial score (nSPS) is 13.2. The molecule has 2 aromatic rings. The summed E-state index contributed by atoms with van der Waals surface area (Å²) in [7, 11) is 0. The number of hydrogen-bond donors (Lipinski definition) is 1. The molecule has 0 spiro atoms. The molecule has 0 aliphatic carbocycles. The molecule has 2 rings (SSSR count). The van der Waals surface area contributed by atoms with Crippen LogP contribution in [0, 0.1) is 6.92 Å². The van der Waals surface area contributed by atoms with E-state index < -0.39 is 29.1 Å². The minimum absolute atomic E-state index is 0.0656. The lowest BCUT2D eigenvalue weighted by molar-refractivity contribution is -0.290. The molecular weight excluding hydrogens is 263 g/mol. The van der Waals surface area contributed by atoms with Crippen LogP contribution in [0.3, 0.4) is 0 Å². The Kier molecular flexibility index (Phi) is 2.42. The van der Waals surface area contributed by atoms with E-state index in [0.29, 0.717) is 4.52 Å². The number of rotatable bonds is 1. The molecule has 2 aromatic heterocycles. The molecule has 0 atom stereocenters. The Morgan fingerprint density at radius 1 is 1.28 bits per heavy atom.